The van der Waals surface area contributed by atoms with Crippen LogP contribution < -0.4 is 0 Å². The molecule has 0 fully saturated rings. The second kappa shape index (κ2) is 5.69. The Morgan fingerprint density at radius 2 is 1.67 bits per heavy atom. The molecule has 0 aromatic heterocycles. The van der Waals surface area contributed by atoms with E-state index in [1.54, 1.807) is 14.2 Å². The van der Waals surface area contributed by atoms with Crippen LogP contribution in [-0.4, -0.2) is 29.6 Å². The maximum absolute atomic E-state index is 5.53. The van der Waals surface area contributed by atoms with Crippen LogP contribution in [0.15, 0.2) is 0 Å². The van der Waals surface area contributed by atoms with E-state index in [0.717, 1.165) is 6.04 Å². The second-order valence-electron chi connectivity index (χ2n) is 3.12. The molecule has 0 aliphatic carbocycles. The molecule has 0 saturated carbocycles. The Balaban J connectivity index is 4.13. The Morgan fingerprint density at radius 1 is 1.17 bits per heavy atom. The van der Waals surface area contributed by atoms with Gasteiger partial charge in [-0.05, 0) is 12.8 Å². The van der Waals surface area contributed by atoms with Gasteiger partial charge in [-0.3, -0.25) is 0 Å². The first-order valence-electron chi connectivity index (χ1n) is 4.34. The Bertz CT molecular complexity index is 113. The zero-order valence-electron chi connectivity index (χ0n) is 8.72. The van der Waals surface area contributed by atoms with Gasteiger partial charge in [-0.1, -0.05) is 13.8 Å². The van der Waals surface area contributed by atoms with Crippen LogP contribution in [0.5, 0.6) is 0 Å². The molecule has 74 valence electrons. The third-order valence-electron chi connectivity index (χ3n) is 1.64. The van der Waals surface area contributed by atoms with Crippen molar-refractivity contribution in [2.75, 3.05) is 20.8 Å². The van der Waals surface area contributed by atoms with Gasteiger partial charge in [0.05, 0.1) is 0 Å². The van der Waals surface area contributed by atoms with Crippen LogP contribution in [0.4, 0.5) is 0 Å². The summed E-state index contributed by atoms with van der Waals surface area (Å²) in [6.07, 6.45) is 0. The quantitative estimate of drug-likeness (QED) is 0.602. The van der Waals surface area contributed by atoms with Crippen molar-refractivity contribution in [3.05, 3.63) is 0 Å². The van der Waals surface area contributed by atoms with Crippen LogP contribution in [-0.2, 0) is 13.3 Å². The van der Waals surface area contributed by atoms with Crippen molar-refractivity contribution >= 4 is 8.80 Å². The van der Waals surface area contributed by atoms with Gasteiger partial charge in [0.25, 0.3) is 0 Å². The molecule has 0 amide bonds. The molecule has 0 spiro atoms. The van der Waals surface area contributed by atoms with Crippen LogP contribution in [0.3, 0.4) is 0 Å². The molecule has 12 heavy (non-hydrogen) atoms. The van der Waals surface area contributed by atoms with E-state index in [4.69, 9.17) is 13.3 Å². The molecule has 0 heterocycles. The molecule has 0 bridgehead atoms. The van der Waals surface area contributed by atoms with Gasteiger partial charge in [0.2, 0.25) is 0 Å². The molecule has 0 unspecified atom stereocenters. The SMILES string of the molecule is CCO[Si](CC(C)C)(OC)OC. The van der Waals surface area contributed by atoms with E-state index in [1.807, 2.05) is 6.92 Å². The largest absolute Gasteiger partial charge is 0.500 e. The molecule has 0 aliphatic heterocycles. The molecule has 0 atom stereocenters. The maximum atomic E-state index is 5.53. The molecule has 4 heteroatoms. The lowest BCUT2D eigenvalue weighted by Crippen LogP contribution is -2.44. The van der Waals surface area contributed by atoms with Crippen molar-refractivity contribution in [3.8, 4) is 0 Å². The monoisotopic (exact) mass is 192 g/mol. The van der Waals surface area contributed by atoms with E-state index >= 15 is 0 Å². The topological polar surface area (TPSA) is 27.7 Å². The van der Waals surface area contributed by atoms with E-state index in [2.05, 4.69) is 13.8 Å². The lowest BCUT2D eigenvalue weighted by atomic mass is 10.3. The molecule has 0 aromatic rings. The first kappa shape index (κ1) is 12.1. The zero-order valence-corrected chi connectivity index (χ0v) is 9.72. The highest BCUT2D eigenvalue weighted by molar-refractivity contribution is 6.60. The fourth-order valence-corrected chi connectivity index (χ4v) is 3.44. The Morgan fingerprint density at radius 3 is 1.92 bits per heavy atom. The third kappa shape index (κ3) is 3.67. The van der Waals surface area contributed by atoms with Crippen molar-refractivity contribution < 1.29 is 13.3 Å². The highest BCUT2D eigenvalue weighted by Crippen LogP contribution is 2.19. The van der Waals surface area contributed by atoms with Crippen LogP contribution in [0, 0.1) is 5.92 Å². The van der Waals surface area contributed by atoms with Crippen LogP contribution in [0.25, 0.3) is 0 Å². The van der Waals surface area contributed by atoms with Crippen LogP contribution >= 0.6 is 0 Å². The smallest absolute Gasteiger partial charge is 0.377 e. The van der Waals surface area contributed by atoms with E-state index in [9.17, 15) is 0 Å². The fourth-order valence-electron chi connectivity index (χ4n) is 1.15. The van der Waals surface area contributed by atoms with Gasteiger partial charge in [0.15, 0.2) is 0 Å². The lowest BCUT2D eigenvalue weighted by Gasteiger charge is -2.27. The van der Waals surface area contributed by atoms with Gasteiger partial charge in [-0.25, -0.2) is 0 Å². The van der Waals surface area contributed by atoms with E-state index in [-0.39, 0.29) is 0 Å². The molecular weight excluding hydrogens is 172 g/mol. The molecule has 0 N–H and O–H groups in total. The highest BCUT2D eigenvalue weighted by atomic mass is 28.4. The summed E-state index contributed by atoms with van der Waals surface area (Å²) in [6.45, 7) is 6.89. The van der Waals surface area contributed by atoms with Gasteiger partial charge >= 0.3 is 8.80 Å². The highest BCUT2D eigenvalue weighted by Gasteiger charge is 2.39. The predicted octanol–water partition coefficient (Wildman–Crippen LogP) is 1.91. The average Bonchev–Trinajstić information content (AvgIpc) is 2.03. The summed E-state index contributed by atoms with van der Waals surface area (Å²) in [6, 6.07) is 0.883. The standard InChI is InChI=1S/C8H20O3Si/c1-6-11-12(9-4,10-5)7-8(2)3/h8H,6-7H2,1-5H3. The Kier molecular flexibility index (Phi) is 5.74. The summed E-state index contributed by atoms with van der Waals surface area (Å²) in [7, 11) is 1.01. The second-order valence-corrected chi connectivity index (χ2v) is 6.00. The first-order valence-corrected chi connectivity index (χ1v) is 6.27. The minimum absolute atomic E-state index is 0.545. The summed E-state index contributed by atoms with van der Waals surface area (Å²) in [5.41, 5.74) is 0. The Labute approximate surface area is 76.4 Å². The molecule has 0 radical (unpaired) electrons. The number of rotatable bonds is 6. The van der Waals surface area contributed by atoms with Crippen molar-refractivity contribution in [3.63, 3.8) is 0 Å². The minimum Gasteiger partial charge on any atom is -0.377 e. The van der Waals surface area contributed by atoms with Gasteiger partial charge < -0.3 is 13.3 Å². The lowest BCUT2D eigenvalue weighted by molar-refractivity contribution is 0.100. The molecule has 3 nitrogen and oxygen atoms in total. The normalized spacial score (nSPS) is 12.5. The fraction of sp³-hybridized carbons (Fsp3) is 1.00. The summed E-state index contributed by atoms with van der Waals surface area (Å²) in [4.78, 5) is 0. The Hall–Kier alpha value is 0.0969. The molecule has 0 aromatic carbocycles. The zero-order chi connectivity index (χ0) is 9.61. The van der Waals surface area contributed by atoms with Crippen molar-refractivity contribution in [2.24, 2.45) is 5.92 Å². The maximum Gasteiger partial charge on any atom is 0.500 e. The average molecular weight is 192 g/mol. The third-order valence-corrected chi connectivity index (χ3v) is 4.93. The van der Waals surface area contributed by atoms with Crippen molar-refractivity contribution in [1.29, 1.82) is 0 Å². The molecule has 0 aliphatic rings. The van der Waals surface area contributed by atoms with Gasteiger partial charge in [-0.15, -0.1) is 0 Å². The summed E-state index contributed by atoms with van der Waals surface area (Å²) >= 11 is 0. The van der Waals surface area contributed by atoms with Gasteiger partial charge in [-0.2, -0.15) is 0 Å². The van der Waals surface area contributed by atoms with Crippen LogP contribution in [0.2, 0.25) is 6.04 Å². The predicted molar refractivity (Wildman–Crippen MR) is 51.0 cm³/mol. The van der Waals surface area contributed by atoms with Gasteiger partial charge in [0.1, 0.15) is 0 Å². The van der Waals surface area contributed by atoms with E-state index < -0.39 is 8.80 Å². The summed E-state index contributed by atoms with van der Waals surface area (Å²) in [5.74, 6) is 0.545. The molecular formula is C8H20O3Si. The van der Waals surface area contributed by atoms with Crippen molar-refractivity contribution in [2.45, 2.75) is 26.8 Å². The first-order chi connectivity index (χ1) is 5.60. The summed E-state index contributed by atoms with van der Waals surface area (Å²) < 4.78 is 16.2. The molecule has 0 rings (SSSR count). The van der Waals surface area contributed by atoms with Crippen molar-refractivity contribution in [1.82, 2.24) is 0 Å². The van der Waals surface area contributed by atoms with Gasteiger partial charge in [0, 0.05) is 26.9 Å². The number of hydrogen-bond acceptors (Lipinski definition) is 3. The van der Waals surface area contributed by atoms with E-state index in [1.165, 1.54) is 0 Å². The number of hydrogen-bond donors (Lipinski definition) is 0. The van der Waals surface area contributed by atoms with Crippen LogP contribution in [0.1, 0.15) is 20.8 Å². The molecule has 0 saturated heterocycles. The van der Waals surface area contributed by atoms with E-state index in [0.29, 0.717) is 12.5 Å². The summed E-state index contributed by atoms with van der Waals surface area (Å²) in [5, 5.41) is 0. The minimum atomic E-state index is -2.31.